The molecule has 4 aliphatic rings. The van der Waals surface area contributed by atoms with Gasteiger partial charge in [0.1, 0.15) is 0 Å². The van der Waals surface area contributed by atoms with Gasteiger partial charge in [0, 0.05) is 21.5 Å². The molecule has 0 heterocycles. The minimum atomic E-state index is -0.388. The maximum absolute atomic E-state index is 12.4. The Balaban J connectivity index is 2.05. The van der Waals surface area contributed by atoms with Crippen molar-refractivity contribution in [3.05, 3.63) is 23.3 Å². The van der Waals surface area contributed by atoms with Crippen LogP contribution in [0.4, 0.5) is 0 Å². The minimum Gasteiger partial charge on any atom is -0.463 e. The Hall–Kier alpha value is -0.620. The van der Waals surface area contributed by atoms with Crippen LogP contribution in [-0.2, 0) is 19.1 Å². The number of allylic oxidation sites excluding steroid dienone is 2. The molecule has 0 amide bonds. The molecule has 0 aliphatic heterocycles. The van der Waals surface area contributed by atoms with Crippen molar-refractivity contribution in [1.82, 2.24) is 0 Å². The largest absolute Gasteiger partial charge is 0.463 e. The van der Waals surface area contributed by atoms with E-state index in [9.17, 15) is 9.59 Å². The fourth-order valence-electron chi connectivity index (χ4n) is 3.92. The smallest absolute Gasteiger partial charge is 0.335 e. The summed E-state index contributed by atoms with van der Waals surface area (Å²) in [6.07, 6.45) is 4.10. The molecule has 2 bridgehead atoms. The average molecular weight is 434 g/mol. The van der Waals surface area contributed by atoms with Crippen molar-refractivity contribution in [3.8, 4) is 0 Å². The molecule has 6 atom stereocenters. The number of alkyl halides is 2. The first-order valence-corrected chi connectivity index (χ1v) is 9.40. The maximum Gasteiger partial charge on any atom is 0.335 e. The van der Waals surface area contributed by atoms with Crippen molar-refractivity contribution < 1.29 is 19.1 Å². The highest BCUT2D eigenvalue weighted by atomic mass is 79.9. The van der Waals surface area contributed by atoms with Gasteiger partial charge in [0.25, 0.3) is 0 Å². The van der Waals surface area contributed by atoms with Crippen LogP contribution in [0.2, 0.25) is 0 Å². The Morgan fingerprint density at radius 1 is 0.909 bits per heavy atom. The number of halogens is 2. The monoisotopic (exact) mass is 432 g/mol. The highest BCUT2D eigenvalue weighted by Crippen LogP contribution is 2.61. The van der Waals surface area contributed by atoms with Gasteiger partial charge in [-0.25, -0.2) is 9.59 Å². The first-order valence-electron chi connectivity index (χ1n) is 7.57. The van der Waals surface area contributed by atoms with E-state index in [0.29, 0.717) is 45.9 Å². The van der Waals surface area contributed by atoms with Crippen molar-refractivity contribution in [2.24, 2.45) is 23.7 Å². The summed E-state index contributed by atoms with van der Waals surface area (Å²) in [5.74, 6) is -0.297. The summed E-state index contributed by atoms with van der Waals surface area (Å²) in [6.45, 7) is 4.14. The second-order valence-corrected chi connectivity index (χ2v) is 7.86. The molecule has 4 rings (SSSR count). The summed E-state index contributed by atoms with van der Waals surface area (Å²) < 4.78 is 10.4. The molecule has 0 saturated heterocycles. The third-order valence-corrected chi connectivity index (χ3v) is 7.86. The average Bonchev–Trinajstić information content (AvgIpc) is 2.53. The van der Waals surface area contributed by atoms with Crippen LogP contribution in [0.25, 0.3) is 0 Å². The standard InChI is InChI=1S/C16H18Br2O4/c1-3-21-15(19)11-7-5-6-8(12(11)16(20)22-4-2)10-9(7)13(17)14(10)18/h5-10,13-14H,3-4H2,1-2H3/t7-,8-,9-,10-,13-,14+/m0/s1. The Bertz CT molecular complexity index is 520. The van der Waals surface area contributed by atoms with Crippen LogP contribution in [0.15, 0.2) is 23.3 Å². The third kappa shape index (κ3) is 2.21. The van der Waals surface area contributed by atoms with Gasteiger partial charge >= 0.3 is 11.9 Å². The summed E-state index contributed by atoms with van der Waals surface area (Å²) in [5, 5.41) is 0. The molecule has 1 fully saturated rings. The fraction of sp³-hybridized carbons (Fsp3) is 0.625. The molecule has 1 saturated carbocycles. The number of esters is 2. The first-order chi connectivity index (χ1) is 10.5. The molecule has 0 aromatic heterocycles. The Kier molecular flexibility index (Phi) is 4.52. The fourth-order valence-corrected chi connectivity index (χ4v) is 5.99. The van der Waals surface area contributed by atoms with Crippen LogP contribution in [-0.4, -0.2) is 34.8 Å². The molecule has 0 unspecified atom stereocenters. The zero-order valence-corrected chi connectivity index (χ0v) is 15.6. The zero-order valence-electron chi connectivity index (χ0n) is 12.4. The van der Waals surface area contributed by atoms with E-state index in [1.807, 2.05) is 12.2 Å². The lowest BCUT2D eigenvalue weighted by Crippen LogP contribution is -2.60. The summed E-state index contributed by atoms with van der Waals surface area (Å²) in [7, 11) is 0. The molecule has 0 spiro atoms. The van der Waals surface area contributed by atoms with Crippen molar-refractivity contribution in [1.29, 1.82) is 0 Å². The second-order valence-electron chi connectivity index (χ2n) is 5.75. The second kappa shape index (κ2) is 6.11. The van der Waals surface area contributed by atoms with E-state index in [-0.39, 0.29) is 23.8 Å². The number of carbonyl (C=O) groups excluding carboxylic acids is 2. The van der Waals surface area contributed by atoms with Crippen LogP contribution >= 0.6 is 31.9 Å². The molecule has 22 heavy (non-hydrogen) atoms. The van der Waals surface area contributed by atoms with Gasteiger partial charge in [-0.15, -0.1) is 0 Å². The predicted octanol–water partition coefficient (Wildman–Crippen LogP) is 3.00. The number of ether oxygens (including phenoxy) is 2. The summed E-state index contributed by atoms with van der Waals surface area (Å²) in [6, 6.07) is 0. The van der Waals surface area contributed by atoms with E-state index < -0.39 is 0 Å². The lowest BCUT2D eigenvalue weighted by Gasteiger charge is -2.58. The van der Waals surface area contributed by atoms with E-state index in [1.165, 1.54) is 0 Å². The van der Waals surface area contributed by atoms with E-state index in [2.05, 4.69) is 31.9 Å². The lowest BCUT2D eigenvalue weighted by molar-refractivity contribution is -0.144. The van der Waals surface area contributed by atoms with Gasteiger partial charge in [-0.2, -0.15) is 0 Å². The van der Waals surface area contributed by atoms with Crippen LogP contribution < -0.4 is 0 Å². The summed E-state index contributed by atoms with van der Waals surface area (Å²) in [5.41, 5.74) is 0.996. The molecule has 0 N–H and O–H groups in total. The Labute approximate surface area is 146 Å². The highest BCUT2D eigenvalue weighted by Gasteiger charge is 2.61. The van der Waals surface area contributed by atoms with Gasteiger partial charge in [-0.05, 0) is 25.7 Å². The molecule has 4 nitrogen and oxygen atoms in total. The van der Waals surface area contributed by atoms with Crippen LogP contribution in [0.3, 0.4) is 0 Å². The van der Waals surface area contributed by atoms with E-state index in [1.54, 1.807) is 13.8 Å². The first kappa shape index (κ1) is 16.2. The van der Waals surface area contributed by atoms with Crippen molar-refractivity contribution in [3.63, 3.8) is 0 Å². The Morgan fingerprint density at radius 3 is 1.59 bits per heavy atom. The minimum absolute atomic E-state index is 0.0772. The number of rotatable bonds is 4. The third-order valence-electron chi connectivity index (χ3n) is 4.79. The summed E-state index contributed by atoms with van der Waals surface area (Å²) >= 11 is 7.40. The van der Waals surface area contributed by atoms with Crippen molar-refractivity contribution in [2.45, 2.75) is 23.5 Å². The van der Waals surface area contributed by atoms with Crippen LogP contribution in [0.5, 0.6) is 0 Å². The van der Waals surface area contributed by atoms with Gasteiger partial charge in [0.15, 0.2) is 0 Å². The molecule has 6 heteroatoms. The maximum atomic E-state index is 12.4. The summed E-state index contributed by atoms with van der Waals surface area (Å²) in [4.78, 5) is 25.4. The van der Waals surface area contributed by atoms with Gasteiger partial charge in [0.05, 0.1) is 24.4 Å². The van der Waals surface area contributed by atoms with E-state index in [4.69, 9.17) is 9.47 Å². The predicted molar refractivity (Wildman–Crippen MR) is 88.8 cm³/mol. The van der Waals surface area contributed by atoms with E-state index in [0.717, 1.165) is 0 Å². The number of hydrogen-bond acceptors (Lipinski definition) is 4. The molecule has 0 aromatic rings. The molecule has 4 aliphatic carbocycles. The molecule has 120 valence electrons. The number of hydrogen-bond donors (Lipinski definition) is 0. The van der Waals surface area contributed by atoms with Crippen LogP contribution in [0, 0.1) is 23.7 Å². The van der Waals surface area contributed by atoms with Gasteiger partial charge < -0.3 is 9.47 Å². The number of carbonyl (C=O) groups is 2. The SMILES string of the molecule is CCOC(=O)C1=C(C(=O)OCC)[C@H]2C=C[C@H]1[C@@H]1[C@H](Br)[C@H](Br)[C@H]12. The Morgan fingerprint density at radius 2 is 1.27 bits per heavy atom. The topological polar surface area (TPSA) is 52.6 Å². The molecular formula is C16H18Br2O4. The highest BCUT2D eigenvalue weighted by molar-refractivity contribution is 9.12. The van der Waals surface area contributed by atoms with Gasteiger partial charge in [-0.1, -0.05) is 44.0 Å². The van der Waals surface area contributed by atoms with E-state index >= 15 is 0 Å². The van der Waals surface area contributed by atoms with Gasteiger partial charge in [-0.3, -0.25) is 0 Å². The lowest BCUT2D eigenvalue weighted by atomic mass is 9.51. The molecule has 0 aromatic carbocycles. The van der Waals surface area contributed by atoms with Crippen molar-refractivity contribution in [2.75, 3.05) is 13.2 Å². The molecule has 0 radical (unpaired) electrons. The molecular weight excluding hydrogens is 416 g/mol. The zero-order chi connectivity index (χ0) is 16.0. The quantitative estimate of drug-likeness (QED) is 0.388. The van der Waals surface area contributed by atoms with Crippen molar-refractivity contribution >= 4 is 43.8 Å². The van der Waals surface area contributed by atoms with Gasteiger partial charge in [0.2, 0.25) is 0 Å². The van der Waals surface area contributed by atoms with Crippen LogP contribution in [0.1, 0.15) is 13.8 Å². The normalized spacial score (nSPS) is 38.4.